The van der Waals surface area contributed by atoms with Gasteiger partial charge in [-0.25, -0.2) is 4.79 Å². The summed E-state index contributed by atoms with van der Waals surface area (Å²) in [5.74, 6) is 0.415. The number of alkyl carbamates (subject to hydrolysis) is 1. The van der Waals surface area contributed by atoms with Crippen LogP contribution in [-0.4, -0.2) is 43.1 Å². The molecular formula is C24H26N2O3. The Bertz CT molecular complexity index is 870. The van der Waals surface area contributed by atoms with E-state index in [0.717, 1.165) is 12.8 Å². The minimum Gasteiger partial charge on any atom is -0.449 e. The molecule has 5 nitrogen and oxygen atoms in total. The van der Waals surface area contributed by atoms with Crippen molar-refractivity contribution in [3.8, 4) is 11.1 Å². The van der Waals surface area contributed by atoms with Gasteiger partial charge in [0.25, 0.3) is 0 Å². The first-order valence-corrected chi connectivity index (χ1v) is 10.2. The fourth-order valence-electron chi connectivity index (χ4n) is 4.36. The largest absolute Gasteiger partial charge is 0.449 e. The molecule has 0 atom stereocenters. The maximum atomic E-state index is 12.3. The highest BCUT2D eigenvalue weighted by Crippen LogP contribution is 2.44. The molecule has 1 fully saturated rings. The standard InChI is InChI=1S/C24H26N2O3/c1-2-23(27)26-13-11-17(12-14-26)15-25-24(28)29-16-22-20-9-5-3-7-18(20)19-8-4-6-10-21(19)22/h2-10,17,22H,1,11-16H2,(H,25,28). The van der Waals surface area contributed by atoms with Gasteiger partial charge in [-0.3, -0.25) is 4.79 Å². The molecule has 2 amide bonds. The number of carbonyl (C=O) groups is 2. The second-order valence-electron chi connectivity index (χ2n) is 7.68. The van der Waals surface area contributed by atoms with Gasteiger partial charge in [0.15, 0.2) is 0 Å². The van der Waals surface area contributed by atoms with Crippen LogP contribution in [0.1, 0.15) is 29.9 Å². The van der Waals surface area contributed by atoms with Crippen molar-refractivity contribution in [1.82, 2.24) is 10.2 Å². The predicted molar refractivity (Wildman–Crippen MR) is 113 cm³/mol. The molecule has 0 spiro atoms. The second-order valence-corrected chi connectivity index (χ2v) is 7.68. The van der Waals surface area contributed by atoms with Crippen LogP contribution in [0.2, 0.25) is 0 Å². The summed E-state index contributed by atoms with van der Waals surface area (Å²) < 4.78 is 5.58. The summed E-state index contributed by atoms with van der Waals surface area (Å²) in [5.41, 5.74) is 4.86. The zero-order chi connectivity index (χ0) is 20.2. The van der Waals surface area contributed by atoms with Crippen LogP contribution in [0.3, 0.4) is 0 Å². The lowest BCUT2D eigenvalue weighted by molar-refractivity contribution is -0.127. The molecule has 2 aromatic carbocycles. The lowest BCUT2D eigenvalue weighted by Gasteiger charge is -2.31. The van der Waals surface area contributed by atoms with E-state index in [2.05, 4.69) is 36.2 Å². The molecule has 0 aromatic heterocycles. The van der Waals surface area contributed by atoms with Gasteiger partial charge in [-0.05, 0) is 47.1 Å². The van der Waals surface area contributed by atoms with E-state index in [0.29, 0.717) is 32.2 Å². The molecule has 1 aliphatic carbocycles. The number of nitrogens with zero attached hydrogens (tertiary/aromatic N) is 1. The number of amides is 2. The zero-order valence-corrected chi connectivity index (χ0v) is 16.5. The van der Waals surface area contributed by atoms with Crippen molar-refractivity contribution < 1.29 is 14.3 Å². The van der Waals surface area contributed by atoms with Crippen LogP contribution in [0.5, 0.6) is 0 Å². The number of fused-ring (bicyclic) bond motifs is 3. The van der Waals surface area contributed by atoms with Gasteiger partial charge in [0, 0.05) is 25.6 Å². The van der Waals surface area contributed by atoms with E-state index in [-0.39, 0.29) is 17.9 Å². The SMILES string of the molecule is C=CC(=O)N1CCC(CNC(=O)OCC2c3ccccc3-c3ccccc32)CC1. The van der Waals surface area contributed by atoms with Gasteiger partial charge < -0.3 is 15.0 Å². The van der Waals surface area contributed by atoms with Gasteiger partial charge >= 0.3 is 6.09 Å². The zero-order valence-electron chi connectivity index (χ0n) is 16.5. The number of rotatable bonds is 5. The molecule has 29 heavy (non-hydrogen) atoms. The summed E-state index contributed by atoms with van der Waals surface area (Å²) in [4.78, 5) is 25.7. The van der Waals surface area contributed by atoms with Crippen molar-refractivity contribution in [2.45, 2.75) is 18.8 Å². The Morgan fingerprint density at radius 3 is 2.21 bits per heavy atom. The fourth-order valence-corrected chi connectivity index (χ4v) is 4.36. The first kappa shape index (κ1) is 19.2. The third kappa shape index (κ3) is 4.04. The minimum atomic E-state index is -0.378. The molecule has 1 N–H and O–H groups in total. The van der Waals surface area contributed by atoms with Crippen molar-refractivity contribution in [2.24, 2.45) is 5.92 Å². The third-order valence-corrected chi connectivity index (χ3v) is 5.98. The summed E-state index contributed by atoms with van der Waals surface area (Å²) in [5, 5.41) is 2.90. The predicted octanol–water partition coefficient (Wildman–Crippen LogP) is 3.95. The molecule has 2 aromatic rings. The highest BCUT2D eigenvalue weighted by Gasteiger charge is 2.29. The quantitative estimate of drug-likeness (QED) is 0.787. The van der Waals surface area contributed by atoms with Gasteiger partial charge in [-0.15, -0.1) is 0 Å². The highest BCUT2D eigenvalue weighted by atomic mass is 16.5. The van der Waals surface area contributed by atoms with E-state index >= 15 is 0 Å². The topological polar surface area (TPSA) is 58.6 Å². The van der Waals surface area contributed by atoms with Crippen LogP contribution in [-0.2, 0) is 9.53 Å². The Balaban J connectivity index is 1.29. The molecule has 1 saturated heterocycles. The van der Waals surface area contributed by atoms with Gasteiger partial charge in [0.2, 0.25) is 5.91 Å². The van der Waals surface area contributed by atoms with E-state index in [1.165, 1.54) is 28.3 Å². The molecule has 2 aliphatic rings. The lowest BCUT2D eigenvalue weighted by Crippen LogP contribution is -2.41. The monoisotopic (exact) mass is 390 g/mol. The van der Waals surface area contributed by atoms with Crippen LogP contribution in [0.15, 0.2) is 61.2 Å². The van der Waals surface area contributed by atoms with Gasteiger partial charge in [-0.2, -0.15) is 0 Å². The van der Waals surface area contributed by atoms with E-state index in [9.17, 15) is 9.59 Å². The minimum absolute atomic E-state index is 0.0204. The van der Waals surface area contributed by atoms with Crippen LogP contribution < -0.4 is 5.32 Å². The number of benzene rings is 2. The molecular weight excluding hydrogens is 364 g/mol. The maximum Gasteiger partial charge on any atom is 0.407 e. The van der Waals surface area contributed by atoms with E-state index < -0.39 is 0 Å². The summed E-state index contributed by atoms with van der Waals surface area (Å²) in [6.07, 6.45) is 2.73. The Hall–Kier alpha value is -3.08. The lowest BCUT2D eigenvalue weighted by atomic mass is 9.97. The summed E-state index contributed by atoms with van der Waals surface area (Å²) in [6, 6.07) is 16.6. The molecule has 0 unspecified atom stereocenters. The fraction of sp³-hybridized carbons (Fsp3) is 0.333. The molecule has 0 radical (unpaired) electrons. The number of piperidine rings is 1. The first-order valence-electron chi connectivity index (χ1n) is 10.2. The van der Waals surface area contributed by atoms with E-state index in [1.54, 1.807) is 4.90 Å². The molecule has 0 saturated carbocycles. The number of hydrogen-bond donors (Lipinski definition) is 1. The second kappa shape index (κ2) is 8.52. The van der Waals surface area contributed by atoms with Gasteiger partial charge in [-0.1, -0.05) is 55.1 Å². The van der Waals surface area contributed by atoms with E-state index in [1.807, 2.05) is 24.3 Å². The Morgan fingerprint density at radius 1 is 1.03 bits per heavy atom. The molecule has 4 rings (SSSR count). The number of ether oxygens (including phenoxy) is 1. The molecule has 1 heterocycles. The van der Waals surface area contributed by atoms with Crippen molar-refractivity contribution in [3.63, 3.8) is 0 Å². The maximum absolute atomic E-state index is 12.3. The molecule has 5 heteroatoms. The van der Waals surface area contributed by atoms with Crippen LogP contribution in [0.25, 0.3) is 11.1 Å². The van der Waals surface area contributed by atoms with Crippen molar-refractivity contribution in [2.75, 3.05) is 26.2 Å². The normalized spacial score (nSPS) is 16.1. The van der Waals surface area contributed by atoms with E-state index in [4.69, 9.17) is 4.74 Å². The van der Waals surface area contributed by atoms with Gasteiger partial charge in [0.05, 0.1) is 0 Å². The Labute approximate surface area is 171 Å². The smallest absolute Gasteiger partial charge is 0.407 e. The molecule has 1 aliphatic heterocycles. The van der Waals surface area contributed by atoms with Gasteiger partial charge in [0.1, 0.15) is 6.61 Å². The average Bonchev–Trinajstić information content (AvgIpc) is 3.10. The van der Waals surface area contributed by atoms with Crippen molar-refractivity contribution in [1.29, 1.82) is 0 Å². The first-order chi connectivity index (χ1) is 14.2. The summed E-state index contributed by atoms with van der Waals surface area (Å²) >= 11 is 0. The van der Waals surface area contributed by atoms with Crippen LogP contribution in [0.4, 0.5) is 4.79 Å². The summed E-state index contributed by atoms with van der Waals surface area (Å²) in [6.45, 7) is 5.85. The Morgan fingerprint density at radius 2 is 1.62 bits per heavy atom. The third-order valence-electron chi connectivity index (χ3n) is 5.98. The van der Waals surface area contributed by atoms with Crippen LogP contribution >= 0.6 is 0 Å². The van der Waals surface area contributed by atoms with Crippen LogP contribution in [0, 0.1) is 5.92 Å². The summed E-state index contributed by atoms with van der Waals surface area (Å²) in [7, 11) is 0. The number of carbonyl (C=O) groups excluding carboxylic acids is 2. The molecule has 150 valence electrons. The van der Waals surface area contributed by atoms with Crippen molar-refractivity contribution in [3.05, 3.63) is 72.3 Å². The number of likely N-dealkylation sites (tertiary alicyclic amines) is 1. The number of nitrogens with one attached hydrogen (secondary N) is 1. The Kier molecular flexibility index (Phi) is 5.65. The highest BCUT2D eigenvalue weighted by molar-refractivity contribution is 5.87. The number of hydrogen-bond acceptors (Lipinski definition) is 3. The van der Waals surface area contributed by atoms with Crippen molar-refractivity contribution >= 4 is 12.0 Å². The molecule has 0 bridgehead atoms. The average molecular weight is 390 g/mol.